The van der Waals surface area contributed by atoms with Crippen LogP contribution >= 0.6 is 34.7 Å². The Bertz CT molecular complexity index is 525. The second kappa shape index (κ2) is 5.40. The van der Waals surface area contributed by atoms with Crippen LogP contribution in [-0.4, -0.2) is 10.1 Å². The van der Waals surface area contributed by atoms with Crippen LogP contribution in [0.5, 0.6) is 0 Å². The zero-order valence-electron chi connectivity index (χ0n) is 9.48. The van der Waals surface area contributed by atoms with Crippen molar-refractivity contribution in [3.05, 3.63) is 39.9 Å². The van der Waals surface area contributed by atoms with Crippen LogP contribution < -0.4 is 0 Å². The van der Waals surface area contributed by atoms with Gasteiger partial charge in [-0.05, 0) is 31.5 Å². The van der Waals surface area contributed by atoms with Gasteiger partial charge in [0.05, 0.1) is 11.1 Å². The number of hydrogen-bond acceptors (Lipinski definition) is 4. The molecule has 2 aromatic rings. The van der Waals surface area contributed by atoms with E-state index in [-0.39, 0.29) is 0 Å². The Kier molecular flexibility index (Phi) is 4.09. The van der Waals surface area contributed by atoms with E-state index in [4.69, 9.17) is 11.6 Å². The molecule has 2 nitrogen and oxygen atoms in total. The van der Waals surface area contributed by atoms with Crippen molar-refractivity contribution in [3.8, 4) is 0 Å². The van der Waals surface area contributed by atoms with E-state index in [9.17, 15) is 5.11 Å². The standard InChI is InChI=1S/C12H12ClNOS2/c1-7-6-16-12(14-7)17-11-4-3-9(8(2)15)5-10(11)13/h3-6,8,15H,1-2H3/t8-/m1/s1. The summed E-state index contributed by atoms with van der Waals surface area (Å²) in [5.74, 6) is 0. The van der Waals surface area contributed by atoms with E-state index in [1.54, 1.807) is 36.1 Å². The summed E-state index contributed by atoms with van der Waals surface area (Å²) in [6.07, 6.45) is -0.492. The van der Waals surface area contributed by atoms with E-state index in [1.165, 1.54) is 0 Å². The molecule has 0 aliphatic rings. The highest BCUT2D eigenvalue weighted by Crippen LogP contribution is 2.36. The largest absolute Gasteiger partial charge is 0.389 e. The summed E-state index contributed by atoms with van der Waals surface area (Å²) in [5.41, 5.74) is 1.85. The van der Waals surface area contributed by atoms with Crippen molar-refractivity contribution in [2.45, 2.75) is 29.2 Å². The lowest BCUT2D eigenvalue weighted by Crippen LogP contribution is -1.90. The molecule has 1 atom stereocenters. The average molecular weight is 286 g/mol. The number of aromatic nitrogens is 1. The molecule has 0 aliphatic heterocycles. The van der Waals surface area contributed by atoms with Gasteiger partial charge in [0.2, 0.25) is 0 Å². The van der Waals surface area contributed by atoms with Gasteiger partial charge >= 0.3 is 0 Å². The highest BCUT2D eigenvalue weighted by molar-refractivity contribution is 8.01. The Morgan fingerprint density at radius 1 is 1.47 bits per heavy atom. The predicted molar refractivity (Wildman–Crippen MR) is 73.1 cm³/mol. The van der Waals surface area contributed by atoms with Crippen molar-refractivity contribution in [1.82, 2.24) is 4.98 Å². The lowest BCUT2D eigenvalue weighted by atomic mass is 10.1. The molecule has 17 heavy (non-hydrogen) atoms. The van der Waals surface area contributed by atoms with Crippen molar-refractivity contribution in [2.24, 2.45) is 0 Å². The van der Waals surface area contributed by atoms with Gasteiger partial charge in [-0.25, -0.2) is 4.98 Å². The first-order valence-electron chi connectivity index (χ1n) is 5.14. The summed E-state index contributed by atoms with van der Waals surface area (Å²) in [6.45, 7) is 3.70. The molecule has 0 fully saturated rings. The lowest BCUT2D eigenvalue weighted by molar-refractivity contribution is 0.199. The Morgan fingerprint density at radius 3 is 2.76 bits per heavy atom. The van der Waals surface area contributed by atoms with Gasteiger partial charge in [0.1, 0.15) is 0 Å². The van der Waals surface area contributed by atoms with Gasteiger partial charge in [-0.1, -0.05) is 29.4 Å². The normalized spacial score (nSPS) is 12.7. The number of aryl methyl sites for hydroxylation is 1. The number of rotatable bonds is 3. The summed E-state index contributed by atoms with van der Waals surface area (Å²) < 4.78 is 0.981. The Morgan fingerprint density at radius 2 is 2.24 bits per heavy atom. The summed E-state index contributed by atoms with van der Waals surface area (Å²) in [6, 6.07) is 5.61. The van der Waals surface area contributed by atoms with Gasteiger partial charge < -0.3 is 5.11 Å². The van der Waals surface area contributed by atoms with Crippen molar-refractivity contribution in [3.63, 3.8) is 0 Å². The van der Waals surface area contributed by atoms with Gasteiger partial charge in [-0.2, -0.15) is 0 Å². The van der Waals surface area contributed by atoms with Crippen LogP contribution in [0.15, 0.2) is 32.8 Å². The number of aliphatic hydroxyl groups excluding tert-OH is 1. The quantitative estimate of drug-likeness (QED) is 0.912. The second-order valence-corrected chi connectivity index (χ2v) is 6.28. The molecule has 0 aliphatic carbocycles. The second-order valence-electron chi connectivity index (χ2n) is 3.72. The molecule has 1 aromatic heterocycles. The number of benzene rings is 1. The fraction of sp³-hybridized carbons (Fsp3) is 0.250. The highest BCUT2D eigenvalue weighted by Gasteiger charge is 2.08. The van der Waals surface area contributed by atoms with Crippen molar-refractivity contribution < 1.29 is 5.11 Å². The monoisotopic (exact) mass is 285 g/mol. The number of halogens is 1. The molecule has 5 heteroatoms. The summed E-state index contributed by atoms with van der Waals surface area (Å²) in [7, 11) is 0. The first kappa shape index (κ1) is 12.9. The van der Waals surface area contributed by atoms with Gasteiger partial charge in [0, 0.05) is 16.0 Å². The fourth-order valence-electron chi connectivity index (χ4n) is 1.33. The Balaban J connectivity index is 2.22. The van der Waals surface area contributed by atoms with Gasteiger partial charge in [0.25, 0.3) is 0 Å². The maximum Gasteiger partial charge on any atom is 0.154 e. The maximum atomic E-state index is 9.46. The summed E-state index contributed by atoms with van der Waals surface area (Å²) in [4.78, 5) is 5.34. The molecule has 90 valence electrons. The van der Waals surface area contributed by atoms with Crippen molar-refractivity contribution in [1.29, 1.82) is 0 Å². The van der Waals surface area contributed by atoms with E-state index in [1.807, 2.05) is 24.4 Å². The third kappa shape index (κ3) is 3.22. The van der Waals surface area contributed by atoms with E-state index >= 15 is 0 Å². The molecule has 0 bridgehead atoms. The minimum absolute atomic E-state index is 0.492. The summed E-state index contributed by atoms with van der Waals surface area (Å²) in [5, 5.41) is 12.1. The van der Waals surface area contributed by atoms with Crippen LogP contribution in [0.1, 0.15) is 24.3 Å². The first-order valence-corrected chi connectivity index (χ1v) is 7.21. The molecular formula is C12H12ClNOS2. The zero-order valence-corrected chi connectivity index (χ0v) is 11.9. The lowest BCUT2D eigenvalue weighted by Gasteiger charge is -2.07. The number of hydrogen-bond donors (Lipinski definition) is 1. The zero-order chi connectivity index (χ0) is 12.4. The SMILES string of the molecule is Cc1csc(Sc2ccc([C@@H](C)O)cc2Cl)n1. The van der Waals surface area contributed by atoms with Crippen LogP contribution in [-0.2, 0) is 0 Å². The average Bonchev–Trinajstić information content (AvgIpc) is 2.67. The highest BCUT2D eigenvalue weighted by atomic mass is 35.5. The van der Waals surface area contributed by atoms with Gasteiger partial charge in [0.15, 0.2) is 4.34 Å². The van der Waals surface area contributed by atoms with Crippen LogP contribution in [0.2, 0.25) is 5.02 Å². The minimum atomic E-state index is -0.492. The maximum absolute atomic E-state index is 9.46. The predicted octanol–water partition coefficient (Wildman–Crippen LogP) is 4.31. The number of nitrogens with zero attached hydrogens (tertiary/aromatic N) is 1. The first-order chi connectivity index (χ1) is 8.06. The van der Waals surface area contributed by atoms with Crippen LogP contribution in [0.3, 0.4) is 0 Å². The molecular weight excluding hydrogens is 274 g/mol. The van der Waals surface area contributed by atoms with Crippen molar-refractivity contribution in [2.75, 3.05) is 0 Å². The van der Waals surface area contributed by atoms with Crippen LogP contribution in [0.25, 0.3) is 0 Å². The summed E-state index contributed by atoms with van der Waals surface area (Å²) >= 11 is 9.33. The van der Waals surface area contributed by atoms with E-state index in [2.05, 4.69) is 4.98 Å². The topological polar surface area (TPSA) is 33.1 Å². The Labute approximate surface area is 114 Å². The molecule has 1 N–H and O–H groups in total. The number of thiazole rings is 1. The molecule has 0 unspecified atom stereocenters. The molecule has 0 saturated carbocycles. The molecule has 1 heterocycles. The minimum Gasteiger partial charge on any atom is -0.389 e. The van der Waals surface area contributed by atoms with E-state index in [0.29, 0.717) is 5.02 Å². The Hall–Kier alpha value is -0.550. The smallest absolute Gasteiger partial charge is 0.154 e. The van der Waals surface area contributed by atoms with Gasteiger partial charge in [-0.3, -0.25) is 0 Å². The third-order valence-electron chi connectivity index (χ3n) is 2.23. The number of aliphatic hydroxyl groups is 1. The molecule has 0 saturated heterocycles. The molecule has 0 spiro atoms. The molecule has 1 aromatic carbocycles. The van der Waals surface area contributed by atoms with Crippen molar-refractivity contribution >= 4 is 34.7 Å². The van der Waals surface area contributed by atoms with E-state index < -0.39 is 6.10 Å². The molecule has 2 rings (SSSR count). The van der Waals surface area contributed by atoms with Gasteiger partial charge in [-0.15, -0.1) is 11.3 Å². The van der Waals surface area contributed by atoms with Crippen LogP contribution in [0, 0.1) is 6.92 Å². The molecule has 0 amide bonds. The van der Waals surface area contributed by atoms with Crippen LogP contribution in [0.4, 0.5) is 0 Å². The van der Waals surface area contributed by atoms with E-state index in [0.717, 1.165) is 20.5 Å². The third-order valence-corrected chi connectivity index (χ3v) is 4.79. The molecule has 0 radical (unpaired) electrons. The fourth-order valence-corrected chi connectivity index (χ4v) is 3.43.